The Bertz CT molecular complexity index is 763. The molecule has 0 saturated carbocycles. The second kappa shape index (κ2) is 5.41. The van der Waals surface area contributed by atoms with Crippen LogP contribution in [-0.4, -0.2) is 30.4 Å². The van der Waals surface area contributed by atoms with Crippen molar-refractivity contribution >= 4 is 22.9 Å². The van der Waals surface area contributed by atoms with Gasteiger partial charge in [-0.1, -0.05) is 0 Å². The smallest absolute Gasteiger partial charge is 0.267 e. The summed E-state index contributed by atoms with van der Waals surface area (Å²) >= 11 is 1.37. The minimum absolute atomic E-state index is 0.197. The van der Waals surface area contributed by atoms with Crippen LogP contribution in [0.4, 0.5) is 5.69 Å². The lowest BCUT2D eigenvalue weighted by Gasteiger charge is -2.04. The van der Waals surface area contributed by atoms with E-state index in [-0.39, 0.29) is 5.91 Å². The predicted molar refractivity (Wildman–Crippen MR) is 78.7 cm³/mol. The first-order chi connectivity index (χ1) is 10.1. The summed E-state index contributed by atoms with van der Waals surface area (Å²) in [6, 6.07) is 0. The molecule has 1 N–H and O–H groups in total. The summed E-state index contributed by atoms with van der Waals surface area (Å²) in [5.74, 6) is 0.299. The number of thiazole rings is 1. The molecule has 7 nitrogen and oxygen atoms in total. The van der Waals surface area contributed by atoms with E-state index in [1.54, 1.807) is 35.7 Å². The van der Waals surface area contributed by atoms with Gasteiger partial charge in [0.15, 0.2) is 0 Å². The summed E-state index contributed by atoms with van der Waals surface area (Å²) in [6.45, 7) is 3.69. The van der Waals surface area contributed by atoms with E-state index < -0.39 is 0 Å². The fourth-order valence-electron chi connectivity index (χ4n) is 1.83. The lowest BCUT2D eigenvalue weighted by atomic mass is 10.3. The maximum absolute atomic E-state index is 12.2. The Morgan fingerprint density at radius 2 is 2.05 bits per heavy atom. The highest BCUT2D eigenvalue weighted by molar-refractivity contribution is 7.13. The van der Waals surface area contributed by atoms with Crippen LogP contribution in [0.15, 0.2) is 31.1 Å². The largest absolute Gasteiger partial charge is 0.319 e. The van der Waals surface area contributed by atoms with E-state index in [9.17, 15) is 4.79 Å². The van der Waals surface area contributed by atoms with E-state index in [1.807, 2.05) is 13.8 Å². The van der Waals surface area contributed by atoms with E-state index >= 15 is 0 Å². The van der Waals surface area contributed by atoms with E-state index in [2.05, 4.69) is 25.3 Å². The zero-order valence-corrected chi connectivity index (χ0v) is 12.3. The highest BCUT2D eigenvalue weighted by Gasteiger charge is 2.14. The highest BCUT2D eigenvalue weighted by atomic mass is 32.1. The second-order valence-electron chi connectivity index (χ2n) is 4.34. The molecule has 0 aliphatic heterocycles. The zero-order valence-electron chi connectivity index (χ0n) is 11.4. The number of hydrogen-bond donors (Lipinski definition) is 1. The van der Waals surface area contributed by atoms with E-state index in [1.165, 1.54) is 11.3 Å². The maximum Gasteiger partial charge on any atom is 0.267 e. The molecule has 21 heavy (non-hydrogen) atoms. The quantitative estimate of drug-likeness (QED) is 0.799. The number of carbonyl (C=O) groups is 1. The van der Waals surface area contributed by atoms with Crippen LogP contribution in [0.1, 0.15) is 20.4 Å². The van der Waals surface area contributed by atoms with Crippen LogP contribution < -0.4 is 5.32 Å². The molecule has 0 atom stereocenters. The van der Waals surface area contributed by atoms with Crippen LogP contribution in [0.3, 0.4) is 0 Å². The molecule has 0 bridgehead atoms. The summed E-state index contributed by atoms with van der Waals surface area (Å²) in [4.78, 5) is 29.3. The van der Waals surface area contributed by atoms with Crippen LogP contribution >= 0.6 is 11.3 Å². The van der Waals surface area contributed by atoms with Crippen molar-refractivity contribution in [3.05, 3.63) is 46.7 Å². The van der Waals surface area contributed by atoms with Gasteiger partial charge >= 0.3 is 0 Å². The van der Waals surface area contributed by atoms with Crippen LogP contribution in [0.25, 0.3) is 5.95 Å². The molecular weight excluding hydrogens is 288 g/mol. The first kappa shape index (κ1) is 13.4. The molecule has 0 radical (unpaired) electrons. The fraction of sp³-hybridized carbons (Fsp3) is 0.154. The number of nitrogens with one attached hydrogen (secondary N) is 1. The number of rotatable bonds is 3. The average molecular weight is 300 g/mol. The SMILES string of the molecule is Cc1nc(C)c(C(=O)Nc2cnc(-n3ccnc3)nc2)s1. The molecule has 0 aromatic carbocycles. The lowest BCUT2D eigenvalue weighted by molar-refractivity contribution is 0.102. The number of aryl methyl sites for hydroxylation is 2. The molecule has 3 aromatic rings. The third-order valence-electron chi connectivity index (χ3n) is 2.74. The molecule has 1 amide bonds. The average Bonchev–Trinajstić information content (AvgIpc) is 3.09. The first-order valence-electron chi connectivity index (χ1n) is 6.19. The van der Waals surface area contributed by atoms with Crippen LogP contribution in [0.2, 0.25) is 0 Å². The minimum Gasteiger partial charge on any atom is -0.319 e. The van der Waals surface area contributed by atoms with Gasteiger partial charge in [-0.25, -0.2) is 19.9 Å². The van der Waals surface area contributed by atoms with Crippen molar-refractivity contribution in [1.82, 2.24) is 24.5 Å². The molecule has 0 aliphatic carbocycles. The Hall–Kier alpha value is -2.61. The number of amides is 1. The predicted octanol–water partition coefficient (Wildman–Crippen LogP) is 1.99. The minimum atomic E-state index is -0.197. The van der Waals surface area contributed by atoms with Gasteiger partial charge in [0.1, 0.15) is 11.2 Å². The van der Waals surface area contributed by atoms with Gasteiger partial charge in [0.2, 0.25) is 5.95 Å². The molecule has 3 rings (SSSR count). The standard InChI is InChI=1S/C13H12N6OS/c1-8-11(21-9(2)17-8)12(20)18-10-5-15-13(16-6-10)19-4-3-14-7-19/h3-7H,1-2H3,(H,18,20). The van der Waals surface area contributed by atoms with Gasteiger partial charge in [-0.15, -0.1) is 11.3 Å². The molecule has 0 saturated heterocycles. The van der Waals surface area contributed by atoms with Crippen molar-refractivity contribution < 1.29 is 4.79 Å². The third-order valence-corrected chi connectivity index (χ3v) is 3.81. The molecule has 3 heterocycles. The van der Waals surface area contributed by atoms with Crippen molar-refractivity contribution in [3.8, 4) is 5.95 Å². The van der Waals surface area contributed by atoms with E-state index in [0.717, 1.165) is 10.7 Å². The van der Waals surface area contributed by atoms with Gasteiger partial charge in [0.05, 0.1) is 28.8 Å². The number of carbonyl (C=O) groups excluding carboxylic acids is 1. The van der Waals surface area contributed by atoms with Crippen LogP contribution in [0.5, 0.6) is 0 Å². The van der Waals surface area contributed by atoms with Crippen molar-refractivity contribution in [3.63, 3.8) is 0 Å². The summed E-state index contributed by atoms with van der Waals surface area (Å²) in [5, 5.41) is 3.63. The van der Waals surface area contributed by atoms with Gasteiger partial charge in [0, 0.05) is 12.4 Å². The van der Waals surface area contributed by atoms with Gasteiger partial charge in [-0.05, 0) is 13.8 Å². The summed E-state index contributed by atoms with van der Waals surface area (Å²) in [5.41, 5.74) is 1.26. The highest BCUT2D eigenvalue weighted by Crippen LogP contribution is 2.18. The molecule has 0 unspecified atom stereocenters. The Morgan fingerprint density at radius 3 is 2.62 bits per heavy atom. The third kappa shape index (κ3) is 2.79. The Morgan fingerprint density at radius 1 is 1.29 bits per heavy atom. The molecule has 0 aliphatic rings. The zero-order chi connectivity index (χ0) is 14.8. The molecular formula is C13H12N6OS. The number of hydrogen-bond acceptors (Lipinski definition) is 6. The Labute approximate surface area is 124 Å². The molecule has 8 heteroatoms. The number of imidazole rings is 1. The Kier molecular flexibility index (Phi) is 3.44. The van der Waals surface area contributed by atoms with Crippen molar-refractivity contribution in [1.29, 1.82) is 0 Å². The fourth-order valence-corrected chi connectivity index (χ4v) is 2.64. The number of anilines is 1. The van der Waals surface area contributed by atoms with Gasteiger partial charge in [-0.2, -0.15) is 0 Å². The van der Waals surface area contributed by atoms with Crippen molar-refractivity contribution in [2.75, 3.05) is 5.32 Å². The summed E-state index contributed by atoms with van der Waals surface area (Å²) < 4.78 is 1.68. The first-order valence-corrected chi connectivity index (χ1v) is 7.01. The normalized spacial score (nSPS) is 10.6. The second-order valence-corrected chi connectivity index (χ2v) is 5.55. The monoisotopic (exact) mass is 300 g/mol. The van der Waals surface area contributed by atoms with Crippen molar-refractivity contribution in [2.45, 2.75) is 13.8 Å². The molecule has 3 aromatic heterocycles. The molecule has 0 fully saturated rings. The lowest BCUT2D eigenvalue weighted by Crippen LogP contribution is -2.12. The van der Waals surface area contributed by atoms with Gasteiger partial charge < -0.3 is 5.32 Å². The topological polar surface area (TPSA) is 85.6 Å². The summed E-state index contributed by atoms with van der Waals surface area (Å²) in [7, 11) is 0. The van der Waals surface area contributed by atoms with Gasteiger partial charge in [-0.3, -0.25) is 9.36 Å². The van der Waals surface area contributed by atoms with Gasteiger partial charge in [0.25, 0.3) is 5.91 Å². The van der Waals surface area contributed by atoms with Crippen LogP contribution in [-0.2, 0) is 0 Å². The number of nitrogens with zero attached hydrogens (tertiary/aromatic N) is 5. The maximum atomic E-state index is 12.2. The van der Waals surface area contributed by atoms with E-state index in [0.29, 0.717) is 16.5 Å². The number of aromatic nitrogens is 5. The summed E-state index contributed by atoms with van der Waals surface area (Å²) in [6.07, 6.45) is 8.12. The Balaban J connectivity index is 1.76. The molecule has 0 spiro atoms. The van der Waals surface area contributed by atoms with E-state index in [4.69, 9.17) is 0 Å². The molecule has 106 valence electrons. The van der Waals surface area contributed by atoms with Crippen molar-refractivity contribution in [2.24, 2.45) is 0 Å². The van der Waals surface area contributed by atoms with Crippen LogP contribution in [0, 0.1) is 13.8 Å².